The molecule has 0 aromatic carbocycles. The van der Waals surface area contributed by atoms with Gasteiger partial charge in [-0.1, -0.05) is 24.6 Å². The van der Waals surface area contributed by atoms with E-state index in [1.54, 1.807) is 13.1 Å². The molecule has 0 bridgehead atoms. The SMILES string of the molecule is CC[C@H](NC(=O)c1n[nH]c(C)c1Cl)c1ccc(C)cn1. The predicted molar refractivity (Wildman–Crippen MR) is 77.8 cm³/mol. The van der Waals surface area contributed by atoms with Gasteiger partial charge in [-0.25, -0.2) is 0 Å². The zero-order chi connectivity index (χ0) is 14.7. The average Bonchev–Trinajstić information content (AvgIpc) is 2.77. The Balaban J connectivity index is 2.16. The molecule has 0 aliphatic rings. The van der Waals surface area contributed by atoms with E-state index in [0.29, 0.717) is 10.7 Å². The van der Waals surface area contributed by atoms with Gasteiger partial charge in [-0.15, -0.1) is 0 Å². The molecule has 2 rings (SSSR count). The lowest BCUT2D eigenvalue weighted by molar-refractivity contribution is 0.0929. The number of nitrogens with one attached hydrogen (secondary N) is 2. The van der Waals surface area contributed by atoms with Gasteiger partial charge in [-0.2, -0.15) is 5.10 Å². The van der Waals surface area contributed by atoms with Crippen LogP contribution in [0.1, 0.15) is 46.8 Å². The van der Waals surface area contributed by atoms with Crippen molar-refractivity contribution < 1.29 is 4.79 Å². The summed E-state index contributed by atoms with van der Waals surface area (Å²) in [6.45, 7) is 5.73. The first kappa shape index (κ1) is 14.5. The highest BCUT2D eigenvalue weighted by molar-refractivity contribution is 6.34. The molecule has 6 heteroatoms. The fraction of sp³-hybridized carbons (Fsp3) is 0.357. The van der Waals surface area contributed by atoms with Crippen molar-refractivity contribution in [2.45, 2.75) is 33.2 Å². The number of hydrogen-bond acceptors (Lipinski definition) is 3. The molecular weight excluding hydrogens is 276 g/mol. The summed E-state index contributed by atoms with van der Waals surface area (Å²) in [5, 5.41) is 9.88. The molecule has 1 amide bonds. The zero-order valence-electron chi connectivity index (χ0n) is 11.7. The minimum absolute atomic E-state index is 0.156. The third kappa shape index (κ3) is 2.99. The zero-order valence-corrected chi connectivity index (χ0v) is 12.5. The molecule has 0 unspecified atom stereocenters. The summed E-state index contributed by atoms with van der Waals surface area (Å²) in [5.74, 6) is -0.298. The van der Waals surface area contributed by atoms with Crippen molar-refractivity contribution in [3.05, 3.63) is 46.0 Å². The lowest BCUT2D eigenvalue weighted by Gasteiger charge is -2.16. The highest BCUT2D eigenvalue weighted by Crippen LogP contribution is 2.19. The minimum Gasteiger partial charge on any atom is -0.342 e. The summed E-state index contributed by atoms with van der Waals surface area (Å²) in [6, 6.07) is 3.74. The second kappa shape index (κ2) is 6.05. The van der Waals surface area contributed by atoms with E-state index in [1.165, 1.54) is 0 Å². The van der Waals surface area contributed by atoms with Crippen LogP contribution in [-0.2, 0) is 0 Å². The van der Waals surface area contributed by atoms with Crippen molar-refractivity contribution in [2.24, 2.45) is 0 Å². The number of aryl methyl sites for hydroxylation is 2. The molecule has 0 fully saturated rings. The fourth-order valence-corrected chi connectivity index (χ4v) is 2.03. The lowest BCUT2D eigenvalue weighted by atomic mass is 10.1. The van der Waals surface area contributed by atoms with E-state index < -0.39 is 0 Å². The molecular formula is C14H17ClN4O. The maximum absolute atomic E-state index is 12.2. The van der Waals surface area contributed by atoms with Crippen LogP contribution in [0, 0.1) is 13.8 Å². The molecule has 0 aliphatic carbocycles. The number of rotatable bonds is 4. The number of aromatic amines is 1. The summed E-state index contributed by atoms with van der Waals surface area (Å²) in [5.41, 5.74) is 2.81. The smallest absolute Gasteiger partial charge is 0.273 e. The highest BCUT2D eigenvalue weighted by atomic mass is 35.5. The van der Waals surface area contributed by atoms with Gasteiger partial charge in [0.05, 0.1) is 22.5 Å². The Morgan fingerprint density at radius 2 is 2.20 bits per heavy atom. The van der Waals surface area contributed by atoms with Crippen LogP contribution < -0.4 is 5.32 Å². The van der Waals surface area contributed by atoms with Crippen LogP contribution in [0.3, 0.4) is 0 Å². The second-order valence-electron chi connectivity index (χ2n) is 4.71. The molecule has 2 aromatic heterocycles. The van der Waals surface area contributed by atoms with E-state index in [1.807, 2.05) is 26.0 Å². The van der Waals surface area contributed by atoms with E-state index in [9.17, 15) is 4.79 Å². The standard InChI is InChI=1S/C14H17ClN4O/c1-4-10(11-6-5-8(2)7-16-11)17-14(20)13-12(15)9(3)18-19-13/h5-7,10H,4H2,1-3H3,(H,17,20)(H,18,19)/t10-/m0/s1. The summed E-state index contributed by atoms with van der Waals surface area (Å²) in [6.07, 6.45) is 2.53. The van der Waals surface area contributed by atoms with E-state index in [-0.39, 0.29) is 17.6 Å². The first-order valence-electron chi connectivity index (χ1n) is 6.46. The molecule has 20 heavy (non-hydrogen) atoms. The summed E-state index contributed by atoms with van der Waals surface area (Å²) < 4.78 is 0. The van der Waals surface area contributed by atoms with Crippen LogP contribution in [0.2, 0.25) is 5.02 Å². The van der Waals surface area contributed by atoms with E-state index in [0.717, 1.165) is 17.7 Å². The third-order valence-electron chi connectivity index (χ3n) is 3.09. The monoisotopic (exact) mass is 292 g/mol. The highest BCUT2D eigenvalue weighted by Gasteiger charge is 2.20. The predicted octanol–water partition coefficient (Wildman–Crippen LogP) is 2.96. The Morgan fingerprint density at radius 3 is 2.70 bits per heavy atom. The van der Waals surface area contributed by atoms with E-state index in [4.69, 9.17) is 11.6 Å². The molecule has 0 saturated heterocycles. The van der Waals surface area contributed by atoms with Gasteiger partial charge in [0.1, 0.15) is 0 Å². The minimum atomic E-state index is -0.298. The van der Waals surface area contributed by atoms with Gasteiger partial charge >= 0.3 is 0 Å². The first-order valence-corrected chi connectivity index (χ1v) is 6.84. The number of amides is 1. The van der Waals surface area contributed by atoms with Gasteiger partial charge in [0.25, 0.3) is 5.91 Å². The van der Waals surface area contributed by atoms with Crippen LogP contribution in [0.25, 0.3) is 0 Å². The Morgan fingerprint density at radius 1 is 1.45 bits per heavy atom. The quantitative estimate of drug-likeness (QED) is 0.910. The van der Waals surface area contributed by atoms with Crippen molar-refractivity contribution in [3.63, 3.8) is 0 Å². The Labute approximate surface area is 122 Å². The summed E-state index contributed by atoms with van der Waals surface area (Å²) in [7, 11) is 0. The number of aromatic nitrogens is 3. The molecule has 1 atom stereocenters. The van der Waals surface area contributed by atoms with Crippen molar-refractivity contribution in [2.75, 3.05) is 0 Å². The van der Waals surface area contributed by atoms with Crippen LogP contribution in [-0.4, -0.2) is 21.1 Å². The fourth-order valence-electron chi connectivity index (χ4n) is 1.86. The molecule has 106 valence electrons. The van der Waals surface area contributed by atoms with Crippen molar-refractivity contribution in [1.82, 2.24) is 20.5 Å². The Bertz CT molecular complexity index is 606. The largest absolute Gasteiger partial charge is 0.342 e. The number of carbonyl (C=O) groups excluding carboxylic acids is 1. The summed E-state index contributed by atoms with van der Waals surface area (Å²) >= 11 is 6.03. The van der Waals surface area contributed by atoms with Crippen LogP contribution >= 0.6 is 11.6 Å². The van der Waals surface area contributed by atoms with E-state index in [2.05, 4.69) is 20.5 Å². The summed E-state index contributed by atoms with van der Waals surface area (Å²) in [4.78, 5) is 16.5. The number of pyridine rings is 1. The van der Waals surface area contributed by atoms with Gasteiger partial charge < -0.3 is 5.32 Å². The van der Waals surface area contributed by atoms with Crippen molar-refractivity contribution >= 4 is 17.5 Å². The number of H-pyrrole nitrogens is 1. The molecule has 0 saturated carbocycles. The van der Waals surface area contributed by atoms with Gasteiger partial charge in [0.15, 0.2) is 5.69 Å². The molecule has 2 aromatic rings. The molecule has 5 nitrogen and oxygen atoms in total. The van der Waals surface area contributed by atoms with Crippen LogP contribution in [0.4, 0.5) is 0 Å². The van der Waals surface area contributed by atoms with Crippen LogP contribution in [0.15, 0.2) is 18.3 Å². The number of carbonyl (C=O) groups is 1. The van der Waals surface area contributed by atoms with Crippen molar-refractivity contribution in [1.29, 1.82) is 0 Å². The normalized spacial score (nSPS) is 12.2. The topological polar surface area (TPSA) is 70.7 Å². The molecule has 2 heterocycles. The van der Waals surface area contributed by atoms with Crippen molar-refractivity contribution in [3.8, 4) is 0 Å². The van der Waals surface area contributed by atoms with Gasteiger partial charge in [0, 0.05) is 6.20 Å². The number of hydrogen-bond donors (Lipinski definition) is 2. The van der Waals surface area contributed by atoms with Gasteiger partial charge in [-0.3, -0.25) is 14.9 Å². The molecule has 2 N–H and O–H groups in total. The Hall–Kier alpha value is -1.88. The average molecular weight is 293 g/mol. The first-order chi connectivity index (χ1) is 9.52. The number of halogens is 1. The second-order valence-corrected chi connectivity index (χ2v) is 5.08. The van der Waals surface area contributed by atoms with Gasteiger partial charge in [-0.05, 0) is 31.9 Å². The third-order valence-corrected chi connectivity index (χ3v) is 3.55. The molecule has 0 spiro atoms. The van der Waals surface area contributed by atoms with Crippen LogP contribution in [0.5, 0.6) is 0 Å². The van der Waals surface area contributed by atoms with E-state index >= 15 is 0 Å². The van der Waals surface area contributed by atoms with Gasteiger partial charge in [0.2, 0.25) is 0 Å². The number of nitrogens with zero attached hydrogens (tertiary/aromatic N) is 2. The molecule has 0 aliphatic heterocycles. The lowest BCUT2D eigenvalue weighted by Crippen LogP contribution is -2.29. The Kier molecular flexibility index (Phi) is 4.39. The molecule has 0 radical (unpaired) electrons. The maximum atomic E-state index is 12.2. The maximum Gasteiger partial charge on any atom is 0.273 e.